The van der Waals surface area contributed by atoms with Crippen LogP contribution in [0.1, 0.15) is 5.56 Å². The molecule has 0 saturated carbocycles. The van der Waals surface area contributed by atoms with Crippen molar-refractivity contribution < 1.29 is 12.6 Å². The van der Waals surface area contributed by atoms with Gasteiger partial charge in [0.2, 0.25) is 0 Å². The number of rotatable bonds is 6. The minimum Gasteiger partial charge on any atom is -0.377 e. The molecule has 0 N–H and O–H groups in total. The monoisotopic (exact) mass is 435 g/mol. The maximum Gasteiger partial charge on any atom is 0.339 e. The standard InChI is InChI=1S/C24H25N3O3S/c1-26(2)16-17-13-14-22(24-18(17)10-7-15-25-24)30-31(28,29)23-12-6-8-19-20(23)9-5-11-21(19)27(3)4/h5-15H,16H2,1-4H3. The Kier molecular flexibility index (Phi) is 5.56. The van der Waals surface area contributed by atoms with Gasteiger partial charge >= 0.3 is 10.1 Å². The van der Waals surface area contributed by atoms with Crippen molar-refractivity contribution in [1.29, 1.82) is 0 Å². The predicted octanol–water partition coefficient (Wildman–Crippen LogP) is 4.28. The van der Waals surface area contributed by atoms with Gasteiger partial charge in [-0.2, -0.15) is 8.42 Å². The molecule has 1 heterocycles. The number of fused-ring (bicyclic) bond motifs is 2. The first-order valence-electron chi connectivity index (χ1n) is 9.93. The van der Waals surface area contributed by atoms with E-state index in [1.165, 1.54) is 0 Å². The van der Waals surface area contributed by atoms with E-state index in [9.17, 15) is 8.42 Å². The maximum absolute atomic E-state index is 13.3. The molecule has 160 valence electrons. The zero-order chi connectivity index (χ0) is 22.2. The molecule has 6 nitrogen and oxygen atoms in total. The minimum atomic E-state index is -4.08. The van der Waals surface area contributed by atoms with Gasteiger partial charge in [-0.1, -0.05) is 36.4 Å². The average molecular weight is 436 g/mol. The molecule has 7 heteroatoms. The number of pyridine rings is 1. The second-order valence-electron chi connectivity index (χ2n) is 7.92. The summed E-state index contributed by atoms with van der Waals surface area (Å²) in [5.74, 6) is 0.221. The van der Waals surface area contributed by atoms with Crippen molar-refractivity contribution >= 4 is 37.5 Å². The lowest BCUT2D eigenvalue weighted by Gasteiger charge is -2.17. The van der Waals surface area contributed by atoms with Crippen LogP contribution in [0.3, 0.4) is 0 Å². The van der Waals surface area contributed by atoms with Crippen LogP contribution in [0.4, 0.5) is 5.69 Å². The van der Waals surface area contributed by atoms with E-state index in [0.717, 1.165) is 22.0 Å². The topological polar surface area (TPSA) is 62.7 Å². The largest absolute Gasteiger partial charge is 0.377 e. The molecule has 0 amide bonds. The Bertz CT molecular complexity index is 1370. The van der Waals surface area contributed by atoms with E-state index in [0.29, 0.717) is 17.4 Å². The van der Waals surface area contributed by atoms with Crippen LogP contribution in [0.15, 0.2) is 71.8 Å². The van der Waals surface area contributed by atoms with Crippen LogP contribution in [-0.4, -0.2) is 46.5 Å². The summed E-state index contributed by atoms with van der Waals surface area (Å²) in [6, 6.07) is 18.2. The molecule has 31 heavy (non-hydrogen) atoms. The van der Waals surface area contributed by atoms with Crippen LogP contribution < -0.4 is 9.08 Å². The van der Waals surface area contributed by atoms with E-state index in [2.05, 4.69) is 9.88 Å². The van der Waals surface area contributed by atoms with E-state index in [4.69, 9.17) is 4.18 Å². The van der Waals surface area contributed by atoms with Gasteiger partial charge < -0.3 is 14.0 Å². The molecule has 0 aliphatic carbocycles. The zero-order valence-electron chi connectivity index (χ0n) is 18.0. The summed E-state index contributed by atoms with van der Waals surface area (Å²) in [6.07, 6.45) is 1.64. The van der Waals surface area contributed by atoms with Crippen LogP contribution in [0.2, 0.25) is 0 Å². The highest BCUT2D eigenvalue weighted by Gasteiger charge is 2.22. The molecule has 0 unspecified atom stereocenters. The lowest BCUT2D eigenvalue weighted by atomic mass is 10.1. The Hall–Kier alpha value is -3.16. The molecule has 0 radical (unpaired) electrons. The summed E-state index contributed by atoms with van der Waals surface area (Å²) in [5, 5.41) is 2.34. The summed E-state index contributed by atoms with van der Waals surface area (Å²) in [5.41, 5.74) is 2.52. The molecule has 0 aliphatic heterocycles. The van der Waals surface area contributed by atoms with E-state index in [1.807, 2.05) is 69.5 Å². The smallest absolute Gasteiger partial charge is 0.339 e. The lowest BCUT2D eigenvalue weighted by molar-refractivity contribution is 0.404. The Morgan fingerprint density at radius 1 is 0.839 bits per heavy atom. The highest BCUT2D eigenvalue weighted by molar-refractivity contribution is 7.87. The third-order valence-corrected chi connectivity index (χ3v) is 6.41. The van der Waals surface area contributed by atoms with Crippen molar-refractivity contribution in [3.63, 3.8) is 0 Å². The maximum atomic E-state index is 13.3. The van der Waals surface area contributed by atoms with Crippen LogP contribution in [-0.2, 0) is 16.7 Å². The van der Waals surface area contributed by atoms with Crippen molar-refractivity contribution in [2.45, 2.75) is 11.4 Å². The van der Waals surface area contributed by atoms with Crippen LogP contribution in [0.25, 0.3) is 21.7 Å². The summed E-state index contributed by atoms with van der Waals surface area (Å²) in [7, 11) is 3.75. The Morgan fingerprint density at radius 3 is 2.29 bits per heavy atom. The first kappa shape index (κ1) is 21.1. The second kappa shape index (κ2) is 8.17. The van der Waals surface area contributed by atoms with Crippen molar-refractivity contribution in [1.82, 2.24) is 9.88 Å². The fourth-order valence-corrected chi connectivity index (χ4v) is 4.94. The third-order valence-electron chi connectivity index (χ3n) is 5.12. The highest BCUT2D eigenvalue weighted by atomic mass is 32.2. The molecule has 0 saturated heterocycles. The first-order valence-corrected chi connectivity index (χ1v) is 11.3. The van der Waals surface area contributed by atoms with Crippen molar-refractivity contribution in [3.05, 3.63) is 72.4 Å². The number of hydrogen-bond donors (Lipinski definition) is 0. The molecule has 1 aromatic heterocycles. The predicted molar refractivity (Wildman–Crippen MR) is 125 cm³/mol. The fraction of sp³-hybridized carbons (Fsp3) is 0.208. The number of aromatic nitrogens is 1. The van der Waals surface area contributed by atoms with E-state index >= 15 is 0 Å². The molecule has 4 aromatic rings. The van der Waals surface area contributed by atoms with Crippen LogP contribution >= 0.6 is 0 Å². The molecule has 0 aliphatic rings. The summed E-state index contributed by atoms with van der Waals surface area (Å²) < 4.78 is 32.3. The number of nitrogens with zero attached hydrogens (tertiary/aromatic N) is 3. The molecule has 4 rings (SSSR count). The highest BCUT2D eigenvalue weighted by Crippen LogP contribution is 2.34. The Morgan fingerprint density at radius 2 is 1.55 bits per heavy atom. The summed E-state index contributed by atoms with van der Waals surface area (Å²) in [4.78, 5) is 8.56. The van der Waals surface area contributed by atoms with E-state index in [-0.39, 0.29) is 10.6 Å². The molecule has 0 bridgehead atoms. The van der Waals surface area contributed by atoms with Gasteiger partial charge in [-0.05, 0) is 43.9 Å². The van der Waals surface area contributed by atoms with Gasteiger partial charge in [0.05, 0.1) is 0 Å². The average Bonchev–Trinajstić information content (AvgIpc) is 2.74. The van der Waals surface area contributed by atoms with Gasteiger partial charge in [0.15, 0.2) is 5.75 Å². The minimum absolute atomic E-state index is 0.134. The van der Waals surface area contributed by atoms with E-state index < -0.39 is 10.1 Å². The molecule has 0 fully saturated rings. The van der Waals surface area contributed by atoms with Gasteiger partial charge in [-0.25, -0.2) is 0 Å². The Labute approximate surface area is 182 Å². The third kappa shape index (κ3) is 4.06. The zero-order valence-corrected chi connectivity index (χ0v) is 18.8. The molecule has 0 atom stereocenters. The Balaban J connectivity index is 1.82. The molecular weight excluding hydrogens is 410 g/mol. The van der Waals surface area contributed by atoms with Crippen LogP contribution in [0.5, 0.6) is 5.75 Å². The molecule has 3 aromatic carbocycles. The lowest BCUT2D eigenvalue weighted by Crippen LogP contribution is -2.13. The van der Waals surface area contributed by atoms with Gasteiger partial charge in [0.25, 0.3) is 0 Å². The number of anilines is 1. The number of benzene rings is 3. The van der Waals surface area contributed by atoms with Gasteiger partial charge in [0.1, 0.15) is 10.4 Å². The van der Waals surface area contributed by atoms with Crippen molar-refractivity contribution in [3.8, 4) is 5.75 Å². The number of hydrogen-bond acceptors (Lipinski definition) is 6. The summed E-state index contributed by atoms with van der Waals surface area (Å²) >= 11 is 0. The van der Waals surface area contributed by atoms with Crippen LogP contribution in [0, 0.1) is 0 Å². The van der Waals surface area contributed by atoms with Crippen molar-refractivity contribution in [2.24, 2.45) is 0 Å². The second-order valence-corrected chi connectivity index (χ2v) is 9.44. The normalized spacial score (nSPS) is 11.9. The fourth-order valence-electron chi connectivity index (χ4n) is 3.79. The first-order chi connectivity index (χ1) is 14.8. The quantitative estimate of drug-likeness (QED) is 0.421. The summed E-state index contributed by atoms with van der Waals surface area (Å²) in [6.45, 7) is 0.714. The van der Waals surface area contributed by atoms with E-state index in [1.54, 1.807) is 30.5 Å². The molecular formula is C24H25N3O3S. The van der Waals surface area contributed by atoms with Gasteiger partial charge in [-0.15, -0.1) is 0 Å². The molecule has 0 spiro atoms. The van der Waals surface area contributed by atoms with Crippen molar-refractivity contribution in [2.75, 3.05) is 33.1 Å². The van der Waals surface area contributed by atoms with Gasteiger partial charge in [-0.3, -0.25) is 4.98 Å². The SMILES string of the molecule is CN(C)Cc1ccc(OS(=O)(=O)c2cccc3c(N(C)C)cccc23)c2ncccc12. The van der Waals surface area contributed by atoms with Gasteiger partial charge in [0, 0.05) is 48.7 Å².